The topological polar surface area (TPSA) is 71.4 Å². The molecule has 2 saturated heterocycles. The molecule has 0 bridgehead atoms. The van der Waals surface area contributed by atoms with Gasteiger partial charge in [-0.3, -0.25) is 4.79 Å². The fourth-order valence-corrected chi connectivity index (χ4v) is 5.04. The van der Waals surface area contributed by atoms with Gasteiger partial charge < -0.3 is 14.5 Å². The molecular formula is C20H30N3O4S+. The number of benzene rings is 1. The van der Waals surface area contributed by atoms with Crippen molar-refractivity contribution in [2.45, 2.75) is 26.1 Å². The minimum Gasteiger partial charge on any atom is -0.364 e. The van der Waals surface area contributed by atoms with Gasteiger partial charge in [0.15, 0.2) is 6.54 Å². The SMILES string of the molecule is C[C@@H]1C[NH+](CC(=O)N2CCN(S(=O)(=O)/C=C/c3ccccc3)CC2)C[C@H](C)O1. The van der Waals surface area contributed by atoms with E-state index < -0.39 is 10.0 Å². The molecule has 0 spiro atoms. The predicted molar refractivity (Wildman–Crippen MR) is 108 cm³/mol. The summed E-state index contributed by atoms with van der Waals surface area (Å²) in [5, 5.41) is 1.25. The normalized spacial score (nSPS) is 27.2. The molecule has 1 aromatic rings. The molecule has 1 N–H and O–H groups in total. The summed E-state index contributed by atoms with van der Waals surface area (Å²) in [6.45, 7) is 7.71. The standard InChI is InChI=1S/C20H29N3O4S/c1-17-14-21(15-18(2)27-17)16-20(24)22-9-11-23(12-10-22)28(25,26)13-8-19-6-4-3-5-7-19/h3-8,13,17-18H,9-12,14-16H2,1-2H3/p+1/b13-8+/t17-,18+. The second-order valence-corrected chi connectivity index (χ2v) is 9.45. The Morgan fingerprint density at radius 3 is 2.32 bits per heavy atom. The summed E-state index contributed by atoms with van der Waals surface area (Å²) in [4.78, 5) is 15.6. The molecule has 154 valence electrons. The summed E-state index contributed by atoms with van der Waals surface area (Å²) >= 11 is 0. The second-order valence-electron chi connectivity index (χ2n) is 7.63. The van der Waals surface area contributed by atoms with E-state index in [-0.39, 0.29) is 18.1 Å². The lowest BCUT2D eigenvalue weighted by Gasteiger charge is -2.36. The van der Waals surface area contributed by atoms with Crippen molar-refractivity contribution < 1.29 is 22.8 Å². The zero-order valence-corrected chi connectivity index (χ0v) is 17.4. The van der Waals surface area contributed by atoms with Crippen molar-refractivity contribution in [3.05, 3.63) is 41.3 Å². The van der Waals surface area contributed by atoms with Gasteiger partial charge in [-0.25, -0.2) is 8.42 Å². The van der Waals surface area contributed by atoms with Crippen LogP contribution >= 0.6 is 0 Å². The summed E-state index contributed by atoms with van der Waals surface area (Å²) in [5.41, 5.74) is 0.844. The molecule has 3 atom stereocenters. The number of morpholine rings is 1. The summed E-state index contributed by atoms with van der Waals surface area (Å²) in [5.74, 6) is 0.0909. The number of sulfonamides is 1. The molecule has 2 aliphatic rings. The van der Waals surface area contributed by atoms with Crippen LogP contribution in [0.3, 0.4) is 0 Å². The van der Waals surface area contributed by atoms with Gasteiger partial charge >= 0.3 is 0 Å². The predicted octanol–water partition coefficient (Wildman–Crippen LogP) is -0.177. The number of hydrogen-bond acceptors (Lipinski definition) is 4. The summed E-state index contributed by atoms with van der Waals surface area (Å²) in [6.07, 6.45) is 1.92. The average molecular weight is 409 g/mol. The van der Waals surface area contributed by atoms with Crippen molar-refractivity contribution in [2.24, 2.45) is 0 Å². The number of amides is 1. The molecule has 3 rings (SSSR count). The molecule has 8 heteroatoms. The third kappa shape index (κ3) is 5.64. The molecule has 0 aliphatic carbocycles. The smallest absolute Gasteiger partial charge is 0.277 e. The molecule has 2 aliphatic heterocycles. The Hall–Kier alpha value is -1.74. The Labute approximate surface area is 167 Å². The number of hydrogen-bond donors (Lipinski definition) is 1. The molecular weight excluding hydrogens is 378 g/mol. The number of quaternary nitrogens is 1. The number of ether oxygens (including phenoxy) is 1. The van der Waals surface area contributed by atoms with Crippen LogP contribution in [-0.2, 0) is 19.6 Å². The van der Waals surface area contributed by atoms with Crippen LogP contribution < -0.4 is 4.90 Å². The minimum atomic E-state index is -3.48. The second kappa shape index (κ2) is 9.17. The molecule has 1 aromatic carbocycles. The van der Waals surface area contributed by atoms with Gasteiger partial charge in [-0.1, -0.05) is 30.3 Å². The molecule has 0 saturated carbocycles. The number of carbonyl (C=O) groups excluding carboxylic acids is 1. The van der Waals surface area contributed by atoms with E-state index >= 15 is 0 Å². The van der Waals surface area contributed by atoms with E-state index in [1.807, 2.05) is 44.2 Å². The highest BCUT2D eigenvalue weighted by Crippen LogP contribution is 2.11. The number of carbonyl (C=O) groups is 1. The highest BCUT2D eigenvalue weighted by molar-refractivity contribution is 7.92. The highest BCUT2D eigenvalue weighted by Gasteiger charge is 2.31. The van der Waals surface area contributed by atoms with E-state index in [1.165, 1.54) is 14.6 Å². The maximum absolute atomic E-state index is 12.6. The molecule has 2 heterocycles. The number of nitrogens with one attached hydrogen (secondary N) is 1. The van der Waals surface area contributed by atoms with Crippen LogP contribution in [0.5, 0.6) is 0 Å². The van der Waals surface area contributed by atoms with Crippen LogP contribution in [0.4, 0.5) is 0 Å². The van der Waals surface area contributed by atoms with Crippen LogP contribution in [0.15, 0.2) is 35.7 Å². The van der Waals surface area contributed by atoms with Crippen LogP contribution in [0.1, 0.15) is 19.4 Å². The molecule has 0 aromatic heterocycles. The van der Waals surface area contributed by atoms with E-state index in [4.69, 9.17) is 4.74 Å². The van der Waals surface area contributed by atoms with Crippen molar-refractivity contribution in [3.8, 4) is 0 Å². The largest absolute Gasteiger partial charge is 0.364 e. The molecule has 28 heavy (non-hydrogen) atoms. The van der Waals surface area contributed by atoms with Crippen molar-refractivity contribution in [1.82, 2.24) is 9.21 Å². The van der Waals surface area contributed by atoms with E-state index in [0.717, 1.165) is 18.7 Å². The van der Waals surface area contributed by atoms with Crippen LogP contribution in [0, 0.1) is 0 Å². The Bertz CT molecular complexity index is 779. The van der Waals surface area contributed by atoms with Crippen LogP contribution in [-0.4, -0.2) is 81.6 Å². The third-order valence-electron chi connectivity index (χ3n) is 5.20. The zero-order chi connectivity index (χ0) is 20.1. The fourth-order valence-electron chi connectivity index (χ4n) is 3.87. The van der Waals surface area contributed by atoms with Crippen molar-refractivity contribution in [1.29, 1.82) is 0 Å². The first-order chi connectivity index (χ1) is 13.3. The first kappa shape index (κ1) is 21.0. The summed E-state index contributed by atoms with van der Waals surface area (Å²) in [6, 6.07) is 9.35. The van der Waals surface area contributed by atoms with Gasteiger partial charge in [-0.2, -0.15) is 4.31 Å². The first-order valence-electron chi connectivity index (χ1n) is 9.83. The van der Waals surface area contributed by atoms with Gasteiger partial charge in [0.1, 0.15) is 25.3 Å². The maximum atomic E-state index is 12.6. The van der Waals surface area contributed by atoms with E-state index in [9.17, 15) is 13.2 Å². The maximum Gasteiger partial charge on any atom is 0.277 e. The quantitative estimate of drug-likeness (QED) is 0.734. The van der Waals surface area contributed by atoms with Crippen molar-refractivity contribution >= 4 is 22.0 Å². The van der Waals surface area contributed by atoms with E-state index in [1.54, 1.807) is 11.0 Å². The van der Waals surface area contributed by atoms with Gasteiger partial charge in [0.25, 0.3) is 5.91 Å². The summed E-state index contributed by atoms with van der Waals surface area (Å²) in [7, 11) is -3.48. The van der Waals surface area contributed by atoms with Crippen molar-refractivity contribution in [3.63, 3.8) is 0 Å². The lowest BCUT2D eigenvalue weighted by atomic mass is 10.2. The molecule has 1 unspecified atom stereocenters. The zero-order valence-electron chi connectivity index (χ0n) is 16.6. The molecule has 7 nitrogen and oxygen atoms in total. The van der Waals surface area contributed by atoms with Crippen LogP contribution in [0.25, 0.3) is 6.08 Å². The van der Waals surface area contributed by atoms with Gasteiger partial charge in [0, 0.05) is 31.6 Å². The molecule has 2 fully saturated rings. The van der Waals surface area contributed by atoms with Gasteiger partial charge in [0.05, 0.1) is 0 Å². The third-order valence-corrected chi connectivity index (χ3v) is 6.77. The Kier molecular flexibility index (Phi) is 6.87. The van der Waals surface area contributed by atoms with Gasteiger partial charge in [-0.15, -0.1) is 0 Å². The van der Waals surface area contributed by atoms with E-state index in [2.05, 4.69) is 0 Å². The Morgan fingerprint density at radius 1 is 1.11 bits per heavy atom. The number of nitrogens with zero attached hydrogens (tertiary/aromatic N) is 2. The summed E-state index contributed by atoms with van der Waals surface area (Å²) < 4.78 is 32.3. The van der Waals surface area contributed by atoms with Gasteiger partial charge in [-0.05, 0) is 25.5 Å². The molecule has 0 radical (unpaired) electrons. The number of rotatable bonds is 5. The minimum absolute atomic E-state index is 0.0909. The average Bonchev–Trinajstić information content (AvgIpc) is 2.66. The number of piperazine rings is 1. The van der Waals surface area contributed by atoms with Crippen LogP contribution in [0.2, 0.25) is 0 Å². The lowest BCUT2D eigenvalue weighted by molar-refractivity contribution is -0.907. The first-order valence-corrected chi connectivity index (χ1v) is 11.3. The highest BCUT2D eigenvalue weighted by atomic mass is 32.2. The molecule has 1 amide bonds. The van der Waals surface area contributed by atoms with E-state index in [0.29, 0.717) is 32.7 Å². The Balaban J connectivity index is 1.50. The fraction of sp³-hybridized carbons (Fsp3) is 0.550. The monoisotopic (exact) mass is 408 g/mol. The lowest BCUT2D eigenvalue weighted by Crippen LogP contribution is -3.16. The van der Waals surface area contributed by atoms with Gasteiger partial charge in [0.2, 0.25) is 10.0 Å². The van der Waals surface area contributed by atoms with Crippen molar-refractivity contribution in [2.75, 3.05) is 45.8 Å². The Morgan fingerprint density at radius 2 is 1.71 bits per heavy atom.